The number of anilines is 1. The molecule has 3 aromatic rings. The summed E-state index contributed by atoms with van der Waals surface area (Å²) in [5, 5.41) is 4.26. The SMILES string of the molecule is O=C(Nc1cccc(-c2cc3ccccc3[nH]2)c1)[C@H]1CCCN(C(=O)C2CCCC2)C1. The molecule has 2 aromatic carbocycles. The Hall–Kier alpha value is -3.08. The number of carbonyl (C=O) groups is 2. The molecule has 1 atom stereocenters. The van der Waals surface area contributed by atoms with Gasteiger partial charge in [-0.25, -0.2) is 0 Å². The number of nitrogens with zero attached hydrogens (tertiary/aromatic N) is 1. The minimum Gasteiger partial charge on any atom is -0.355 e. The van der Waals surface area contributed by atoms with Crippen molar-refractivity contribution in [1.29, 1.82) is 0 Å². The van der Waals surface area contributed by atoms with Crippen LogP contribution in [0.2, 0.25) is 0 Å². The molecule has 2 N–H and O–H groups in total. The zero-order valence-electron chi connectivity index (χ0n) is 17.8. The largest absolute Gasteiger partial charge is 0.355 e. The van der Waals surface area contributed by atoms with Gasteiger partial charge in [0.2, 0.25) is 11.8 Å². The Morgan fingerprint density at radius 1 is 0.903 bits per heavy atom. The van der Waals surface area contributed by atoms with E-state index in [4.69, 9.17) is 0 Å². The summed E-state index contributed by atoms with van der Waals surface area (Å²) in [6.07, 6.45) is 6.05. The molecule has 0 spiro atoms. The van der Waals surface area contributed by atoms with E-state index in [0.29, 0.717) is 6.54 Å². The summed E-state index contributed by atoms with van der Waals surface area (Å²) >= 11 is 0. The minimum atomic E-state index is -0.143. The smallest absolute Gasteiger partial charge is 0.229 e. The molecule has 5 nitrogen and oxygen atoms in total. The van der Waals surface area contributed by atoms with Crippen molar-refractivity contribution in [2.75, 3.05) is 18.4 Å². The number of fused-ring (bicyclic) bond motifs is 1. The van der Waals surface area contributed by atoms with Crippen LogP contribution in [0, 0.1) is 11.8 Å². The van der Waals surface area contributed by atoms with Gasteiger partial charge in [-0.15, -0.1) is 0 Å². The van der Waals surface area contributed by atoms with Gasteiger partial charge in [-0.3, -0.25) is 9.59 Å². The third-order valence-electron chi connectivity index (χ3n) is 6.78. The Morgan fingerprint density at radius 3 is 2.55 bits per heavy atom. The average molecular weight is 416 g/mol. The molecule has 2 aliphatic rings. The number of aromatic amines is 1. The molecule has 160 valence electrons. The number of benzene rings is 2. The third-order valence-corrected chi connectivity index (χ3v) is 6.78. The Kier molecular flexibility index (Phi) is 5.49. The molecule has 0 radical (unpaired) electrons. The number of piperidine rings is 1. The number of rotatable bonds is 4. The van der Waals surface area contributed by atoms with Crippen molar-refractivity contribution in [3.8, 4) is 11.3 Å². The molecule has 1 aliphatic carbocycles. The van der Waals surface area contributed by atoms with Gasteiger partial charge in [0.25, 0.3) is 0 Å². The van der Waals surface area contributed by atoms with E-state index in [-0.39, 0.29) is 23.7 Å². The van der Waals surface area contributed by atoms with Crippen LogP contribution < -0.4 is 5.32 Å². The molecule has 1 aliphatic heterocycles. The van der Waals surface area contributed by atoms with Crippen molar-refractivity contribution in [3.63, 3.8) is 0 Å². The number of hydrogen-bond acceptors (Lipinski definition) is 2. The van der Waals surface area contributed by atoms with E-state index >= 15 is 0 Å². The summed E-state index contributed by atoms with van der Waals surface area (Å²) < 4.78 is 0. The second kappa shape index (κ2) is 8.58. The predicted molar refractivity (Wildman–Crippen MR) is 124 cm³/mol. The van der Waals surface area contributed by atoms with Crippen LogP contribution in [0.1, 0.15) is 38.5 Å². The number of likely N-dealkylation sites (tertiary alicyclic amines) is 1. The second-order valence-corrected chi connectivity index (χ2v) is 8.95. The highest BCUT2D eigenvalue weighted by Gasteiger charge is 2.33. The molecule has 1 aromatic heterocycles. The Balaban J connectivity index is 1.27. The van der Waals surface area contributed by atoms with Gasteiger partial charge in [-0.1, -0.05) is 43.2 Å². The van der Waals surface area contributed by atoms with Crippen molar-refractivity contribution < 1.29 is 9.59 Å². The Morgan fingerprint density at radius 2 is 1.71 bits per heavy atom. The quantitative estimate of drug-likeness (QED) is 0.615. The van der Waals surface area contributed by atoms with Gasteiger partial charge in [0.05, 0.1) is 5.92 Å². The van der Waals surface area contributed by atoms with Gasteiger partial charge in [0.15, 0.2) is 0 Å². The first-order valence-corrected chi connectivity index (χ1v) is 11.5. The number of carbonyl (C=O) groups excluding carboxylic acids is 2. The maximum atomic E-state index is 13.0. The number of amides is 2. The first kappa shape index (κ1) is 19.9. The number of nitrogens with one attached hydrogen (secondary N) is 2. The van der Waals surface area contributed by atoms with Crippen LogP contribution in [0.4, 0.5) is 5.69 Å². The van der Waals surface area contributed by atoms with E-state index in [0.717, 1.165) is 67.5 Å². The zero-order chi connectivity index (χ0) is 21.2. The molecular weight excluding hydrogens is 386 g/mol. The van der Waals surface area contributed by atoms with Crippen LogP contribution >= 0.6 is 0 Å². The van der Waals surface area contributed by atoms with Crippen molar-refractivity contribution in [3.05, 3.63) is 54.6 Å². The monoisotopic (exact) mass is 415 g/mol. The molecule has 1 saturated carbocycles. The van der Waals surface area contributed by atoms with Gasteiger partial charge < -0.3 is 15.2 Å². The third kappa shape index (κ3) is 4.22. The highest BCUT2D eigenvalue weighted by atomic mass is 16.2. The first-order valence-electron chi connectivity index (χ1n) is 11.5. The molecule has 0 unspecified atom stereocenters. The van der Waals surface area contributed by atoms with E-state index in [1.807, 2.05) is 41.3 Å². The highest BCUT2D eigenvalue weighted by molar-refractivity contribution is 5.94. The Labute approximate surface area is 182 Å². The molecule has 2 fully saturated rings. The summed E-state index contributed by atoms with van der Waals surface area (Å²) in [5.74, 6) is 0.305. The summed E-state index contributed by atoms with van der Waals surface area (Å²) in [4.78, 5) is 31.2. The second-order valence-electron chi connectivity index (χ2n) is 8.95. The zero-order valence-corrected chi connectivity index (χ0v) is 17.8. The minimum absolute atomic E-state index is 0.0118. The number of aromatic nitrogens is 1. The van der Waals surface area contributed by atoms with Crippen LogP contribution in [0.15, 0.2) is 54.6 Å². The molecule has 31 heavy (non-hydrogen) atoms. The Bertz CT molecular complexity index is 1060. The van der Waals surface area contributed by atoms with E-state index in [1.54, 1.807) is 0 Å². The topological polar surface area (TPSA) is 65.2 Å². The number of para-hydroxylation sites is 1. The van der Waals surface area contributed by atoms with Crippen molar-refractivity contribution in [2.24, 2.45) is 11.8 Å². The summed E-state index contributed by atoms with van der Waals surface area (Å²) in [6.45, 7) is 1.33. The van der Waals surface area contributed by atoms with Crippen LogP contribution in [0.5, 0.6) is 0 Å². The van der Waals surface area contributed by atoms with E-state index < -0.39 is 0 Å². The fraction of sp³-hybridized carbons (Fsp3) is 0.385. The maximum absolute atomic E-state index is 13.0. The van der Waals surface area contributed by atoms with Crippen LogP contribution in [-0.4, -0.2) is 34.8 Å². The van der Waals surface area contributed by atoms with Crippen LogP contribution in [-0.2, 0) is 9.59 Å². The lowest BCUT2D eigenvalue weighted by atomic mass is 9.95. The normalized spacial score (nSPS) is 19.6. The first-order chi connectivity index (χ1) is 15.2. The highest BCUT2D eigenvalue weighted by Crippen LogP contribution is 2.30. The fourth-order valence-corrected chi connectivity index (χ4v) is 5.06. The summed E-state index contributed by atoms with van der Waals surface area (Å²) in [5.41, 5.74) is 3.96. The van der Waals surface area contributed by atoms with E-state index in [1.165, 1.54) is 5.39 Å². The lowest BCUT2D eigenvalue weighted by Crippen LogP contribution is -2.45. The molecule has 2 amide bonds. The van der Waals surface area contributed by atoms with Crippen LogP contribution in [0.3, 0.4) is 0 Å². The molecule has 5 heteroatoms. The lowest BCUT2D eigenvalue weighted by molar-refractivity contribution is -0.138. The van der Waals surface area contributed by atoms with Gasteiger partial charge in [0, 0.05) is 46.9 Å². The van der Waals surface area contributed by atoms with Crippen LogP contribution in [0.25, 0.3) is 22.2 Å². The molecular formula is C26H29N3O2. The van der Waals surface area contributed by atoms with Gasteiger partial charge in [0.1, 0.15) is 0 Å². The van der Waals surface area contributed by atoms with E-state index in [2.05, 4.69) is 28.5 Å². The van der Waals surface area contributed by atoms with Gasteiger partial charge in [-0.05, 0) is 49.9 Å². The van der Waals surface area contributed by atoms with Gasteiger partial charge in [-0.2, -0.15) is 0 Å². The average Bonchev–Trinajstić information content (AvgIpc) is 3.49. The number of H-pyrrole nitrogens is 1. The fourth-order valence-electron chi connectivity index (χ4n) is 5.06. The van der Waals surface area contributed by atoms with Crippen molar-refractivity contribution in [2.45, 2.75) is 38.5 Å². The lowest BCUT2D eigenvalue weighted by Gasteiger charge is -2.33. The van der Waals surface area contributed by atoms with Gasteiger partial charge >= 0.3 is 0 Å². The predicted octanol–water partition coefficient (Wildman–Crippen LogP) is 5.20. The molecule has 0 bridgehead atoms. The van der Waals surface area contributed by atoms with Crippen molar-refractivity contribution >= 4 is 28.4 Å². The molecule has 1 saturated heterocycles. The molecule has 5 rings (SSSR count). The summed E-state index contributed by atoms with van der Waals surface area (Å²) in [7, 11) is 0. The van der Waals surface area contributed by atoms with Crippen molar-refractivity contribution in [1.82, 2.24) is 9.88 Å². The van der Waals surface area contributed by atoms with E-state index in [9.17, 15) is 9.59 Å². The number of hydrogen-bond donors (Lipinski definition) is 2. The summed E-state index contributed by atoms with van der Waals surface area (Å²) in [6, 6.07) is 18.3. The molecule has 2 heterocycles. The standard InChI is InChI=1S/C26H29N3O2/c30-25(21-11-6-14-29(17-21)26(31)18-7-1-2-8-18)27-22-12-5-10-19(15-22)24-16-20-9-3-4-13-23(20)28-24/h3-5,9-10,12-13,15-16,18,21,28H,1-2,6-8,11,14,17H2,(H,27,30)/t21-/m0/s1. The maximum Gasteiger partial charge on any atom is 0.229 e.